The molecule has 0 saturated heterocycles. The molecule has 3 heterocycles. The average Bonchev–Trinajstić information content (AvgIpc) is 3.53. The molecular weight excluding hydrogens is 412 g/mol. The molecular formula is C26H20N6O. The molecule has 6 rings (SSSR count). The Labute approximate surface area is 189 Å². The Morgan fingerprint density at radius 2 is 2.00 bits per heavy atom. The Morgan fingerprint density at radius 3 is 2.85 bits per heavy atom. The van der Waals surface area contributed by atoms with Gasteiger partial charge in [0.25, 0.3) is 0 Å². The number of rotatable bonds is 4. The van der Waals surface area contributed by atoms with Crippen LogP contribution in [0.15, 0.2) is 72.7 Å². The van der Waals surface area contributed by atoms with Crippen LogP contribution in [0.3, 0.4) is 0 Å². The minimum absolute atomic E-state index is 0.101. The van der Waals surface area contributed by atoms with Gasteiger partial charge >= 0.3 is 0 Å². The number of aryl methyl sites for hydroxylation is 1. The third kappa shape index (κ3) is 3.22. The first-order valence-electron chi connectivity index (χ1n) is 10.7. The SMILES string of the molecule is Cc1nc2ccc(-n3ncc(C(=O)C4=Cc5ccc(-c6cccnc6)cc5C4)c3N)cc2[nH]1. The smallest absolute Gasteiger partial charge is 0.194 e. The van der Waals surface area contributed by atoms with Crippen LogP contribution in [0, 0.1) is 6.92 Å². The fourth-order valence-corrected chi connectivity index (χ4v) is 4.37. The second-order valence-corrected chi connectivity index (χ2v) is 8.21. The van der Waals surface area contributed by atoms with Gasteiger partial charge in [0.2, 0.25) is 0 Å². The molecule has 160 valence electrons. The number of Topliss-reactive ketones (excluding diaryl/α,β-unsaturated/α-hetero) is 1. The number of carbonyl (C=O) groups is 1. The number of nitrogens with one attached hydrogen (secondary N) is 1. The van der Waals surface area contributed by atoms with Crippen molar-refractivity contribution in [1.82, 2.24) is 24.7 Å². The van der Waals surface area contributed by atoms with Gasteiger partial charge in [0, 0.05) is 24.4 Å². The highest BCUT2D eigenvalue weighted by atomic mass is 16.1. The lowest BCUT2D eigenvalue weighted by atomic mass is 10.00. The number of nitrogens with two attached hydrogens (primary N) is 1. The summed E-state index contributed by atoms with van der Waals surface area (Å²) in [5.41, 5.74) is 14.3. The summed E-state index contributed by atoms with van der Waals surface area (Å²) in [6, 6.07) is 15.9. The number of aromatic amines is 1. The van der Waals surface area contributed by atoms with E-state index >= 15 is 0 Å². The topological polar surface area (TPSA) is 102 Å². The minimum Gasteiger partial charge on any atom is -0.383 e. The van der Waals surface area contributed by atoms with Crippen LogP contribution in [0.4, 0.5) is 5.82 Å². The van der Waals surface area contributed by atoms with Crippen molar-refractivity contribution in [3.63, 3.8) is 0 Å². The molecule has 0 spiro atoms. The molecule has 2 aromatic carbocycles. The zero-order chi connectivity index (χ0) is 22.5. The molecule has 0 amide bonds. The number of hydrogen-bond donors (Lipinski definition) is 2. The molecule has 0 fully saturated rings. The standard InChI is InChI=1S/C26H20N6O/c1-15-30-23-7-6-21(12-24(23)31-15)32-26(27)22(14-29-32)25(33)20-10-17-5-4-16(9-19(17)11-20)18-3-2-8-28-13-18/h2-10,12-14H,11,27H2,1H3,(H,30,31). The first-order chi connectivity index (χ1) is 16.1. The summed E-state index contributed by atoms with van der Waals surface area (Å²) in [6.07, 6.45) is 7.65. The molecule has 3 aromatic heterocycles. The summed E-state index contributed by atoms with van der Waals surface area (Å²) in [7, 11) is 0. The predicted molar refractivity (Wildman–Crippen MR) is 128 cm³/mol. The van der Waals surface area contributed by atoms with Crippen LogP contribution in [-0.2, 0) is 6.42 Å². The second-order valence-electron chi connectivity index (χ2n) is 8.21. The number of allylic oxidation sites excluding steroid dienone is 1. The third-order valence-electron chi connectivity index (χ3n) is 6.02. The maximum Gasteiger partial charge on any atom is 0.194 e. The second kappa shape index (κ2) is 7.27. The molecule has 1 aliphatic rings. The van der Waals surface area contributed by atoms with E-state index in [9.17, 15) is 4.79 Å². The largest absolute Gasteiger partial charge is 0.383 e. The quantitative estimate of drug-likeness (QED) is 0.407. The van der Waals surface area contributed by atoms with Gasteiger partial charge < -0.3 is 10.7 Å². The number of anilines is 1. The number of imidazole rings is 1. The van der Waals surface area contributed by atoms with Crippen molar-refractivity contribution in [1.29, 1.82) is 0 Å². The van der Waals surface area contributed by atoms with Crippen molar-refractivity contribution < 1.29 is 4.79 Å². The van der Waals surface area contributed by atoms with Crippen molar-refractivity contribution in [3.8, 4) is 16.8 Å². The lowest BCUT2D eigenvalue weighted by Gasteiger charge is -2.06. The molecule has 1 aliphatic carbocycles. The van der Waals surface area contributed by atoms with Crippen molar-refractivity contribution in [3.05, 3.63) is 95.2 Å². The fourth-order valence-electron chi connectivity index (χ4n) is 4.37. The Bertz CT molecular complexity index is 1580. The van der Waals surface area contributed by atoms with E-state index < -0.39 is 0 Å². The summed E-state index contributed by atoms with van der Waals surface area (Å²) >= 11 is 0. The highest BCUT2D eigenvalue weighted by Crippen LogP contribution is 2.32. The van der Waals surface area contributed by atoms with Crippen LogP contribution in [0.5, 0.6) is 0 Å². The van der Waals surface area contributed by atoms with Crippen LogP contribution in [-0.4, -0.2) is 30.5 Å². The maximum absolute atomic E-state index is 13.3. The normalized spacial score (nSPS) is 12.7. The molecule has 0 atom stereocenters. The van der Waals surface area contributed by atoms with E-state index in [1.54, 1.807) is 17.1 Å². The number of carbonyl (C=O) groups excluding carboxylic acids is 1. The number of H-pyrrole nitrogens is 1. The first-order valence-corrected chi connectivity index (χ1v) is 10.7. The molecule has 7 nitrogen and oxygen atoms in total. The zero-order valence-corrected chi connectivity index (χ0v) is 17.9. The lowest BCUT2D eigenvalue weighted by molar-refractivity contribution is 0.103. The summed E-state index contributed by atoms with van der Waals surface area (Å²) in [5.74, 6) is 1.06. The van der Waals surface area contributed by atoms with Gasteiger partial charge in [0.1, 0.15) is 11.6 Å². The van der Waals surface area contributed by atoms with Gasteiger partial charge in [-0.05, 0) is 59.5 Å². The summed E-state index contributed by atoms with van der Waals surface area (Å²) in [4.78, 5) is 25.2. The number of nitrogens with zero attached hydrogens (tertiary/aromatic N) is 4. The van der Waals surface area contributed by atoms with E-state index in [0.717, 1.165) is 44.8 Å². The van der Waals surface area contributed by atoms with Crippen molar-refractivity contribution in [2.45, 2.75) is 13.3 Å². The number of aromatic nitrogens is 5. The molecule has 3 N–H and O–H groups in total. The fraction of sp³-hybridized carbons (Fsp3) is 0.0769. The van der Waals surface area contributed by atoms with Crippen LogP contribution in [0.1, 0.15) is 27.3 Å². The van der Waals surface area contributed by atoms with Gasteiger partial charge in [-0.2, -0.15) is 5.10 Å². The molecule has 0 aliphatic heterocycles. The van der Waals surface area contributed by atoms with Gasteiger partial charge in [0.05, 0.1) is 28.5 Å². The highest BCUT2D eigenvalue weighted by molar-refractivity contribution is 6.15. The van der Waals surface area contributed by atoms with Crippen LogP contribution in [0.2, 0.25) is 0 Å². The Kier molecular flexibility index (Phi) is 4.23. The minimum atomic E-state index is -0.101. The van der Waals surface area contributed by atoms with Gasteiger partial charge in [-0.15, -0.1) is 0 Å². The number of nitrogen functional groups attached to an aromatic ring is 1. The Balaban J connectivity index is 1.29. The van der Waals surface area contributed by atoms with E-state index in [0.29, 0.717) is 23.4 Å². The molecule has 5 aromatic rings. The highest BCUT2D eigenvalue weighted by Gasteiger charge is 2.24. The summed E-state index contributed by atoms with van der Waals surface area (Å²) in [5, 5.41) is 4.40. The number of hydrogen-bond acceptors (Lipinski definition) is 5. The number of pyridine rings is 1. The van der Waals surface area contributed by atoms with Gasteiger partial charge in [-0.25, -0.2) is 9.67 Å². The van der Waals surface area contributed by atoms with E-state index in [1.165, 1.54) is 0 Å². The van der Waals surface area contributed by atoms with Crippen LogP contribution >= 0.6 is 0 Å². The molecule has 0 bridgehead atoms. The van der Waals surface area contributed by atoms with E-state index in [-0.39, 0.29) is 5.78 Å². The van der Waals surface area contributed by atoms with Gasteiger partial charge in [0.15, 0.2) is 5.78 Å². The van der Waals surface area contributed by atoms with Gasteiger partial charge in [-0.1, -0.05) is 24.3 Å². The van der Waals surface area contributed by atoms with Crippen LogP contribution in [0.25, 0.3) is 33.9 Å². The molecule has 0 radical (unpaired) electrons. The predicted octanol–water partition coefficient (Wildman–Crippen LogP) is 4.52. The van der Waals surface area contributed by atoms with Crippen molar-refractivity contribution >= 4 is 28.7 Å². The number of ketones is 1. The first kappa shape index (κ1) is 19.2. The molecule has 7 heteroatoms. The summed E-state index contributed by atoms with van der Waals surface area (Å²) in [6.45, 7) is 1.91. The molecule has 0 unspecified atom stereocenters. The Hall–Kier alpha value is -4.52. The van der Waals surface area contributed by atoms with E-state index in [1.807, 2.05) is 55.6 Å². The molecule has 33 heavy (non-hydrogen) atoms. The monoisotopic (exact) mass is 432 g/mol. The number of fused-ring (bicyclic) bond motifs is 2. The third-order valence-corrected chi connectivity index (χ3v) is 6.02. The van der Waals surface area contributed by atoms with E-state index in [2.05, 4.69) is 32.2 Å². The zero-order valence-electron chi connectivity index (χ0n) is 17.9. The number of benzene rings is 2. The average molecular weight is 432 g/mol. The lowest BCUT2D eigenvalue weighted by Crippen LogP contribution is -2.08. The maximum atomic E-state index is 13.3. The van der Waals surface area contributed by atoms with E-state index in [4.69, 9.17) is 5.73 Å². The Morgan fingerprint density at radius 1 is 1.09 bits per heavy atom. The van der Waals surface area contributed by atoms with Gasteiger partial charge in [-0.3, -0.25) is 9.78 Å². The van der Waals surface area contributed by atoms with Crippen LogP contribution < -0.4 is 5.73 Å². The van der Waals surface area contributed by atoms with Crippen molar-refractivity contribution in [2.75, 3.05) is 5.73 Å². The summed E-state index contributed by atoms with van der Waals surface area (Å²) < 4.78 is 1.59. The van der Waals surface area contributed by atoms with Crippen molar-refractivity contribution in [2.24, 2.45) is 0 Å². The molecule has 0 saturated carbocycles.